The summed E-state index contributed by atoms with van der Waals surface area (Å²) in [5.41, 5.74) is 6.91. The second kappa shape index (κ2) is 5.13. The summed E-state index contributed by atoms with van der Waals surface area (Å²) in [5, 5.41) is 5.50. The second-order valence-corrected chi connectivity index (χ2v) is 5.23. The van der Waals surface area contributed by atoms with Crippen molar-refractivity contribution < 1.29 is 14.3 Å². The SMILES string of the molecule is NC(CNC(=O)c1cccc2c1OCC(=O)N2)C1CC1. The number of fused-ring (bicyclic) bond motifs is 1. The first-order valence-corrected chi connectivity index (χ1v) is 6.74. The molecule has 2 amide bonds. The lowest BCUT2D eigenvalue weighted by Crippen LogP contribution is -2.39. The molecular formula is C14H17N3O3. The zero-order valence-corrected chi connectivity index (χ0v) is 11.0. The Morgan fingerprint density at radius 1 is 1.50 bits per heavy atom. The van der Waals surface area contributed by atoms with Gasteiger partial charge in [-0.1, -0.05) is 6.07 Å². The number of ether oxygens (including phenoxy) is 1. The Kier molecular flexibility index (Phi) is 3.31. The molecule has 1 saturated carbocycles. The number of nitrogens with two attached hydrogens (primary N) is 1. The molecule has 3 rings (SSSR count). The molecule has 0 spiro atoms. The molecule has 6 heteroatoms. The molecule has 6 nitrogen and oxygen atoms in total. The lowest BCUT2D eigenvalue weighted by Gasteiger charge is -2.20. The van der Waals surface area contributed by atoms with Crippen LogP contribution in [0.5, 0.6) is 5.75 Å². The quantitative estimate of drug-likeness (QED) is 0.745. The maximum Gasteiger partial charge on any atom is 0.262 e. The maximum atomic E-state index is 12.2. The van der Waals surface area contributed by atoms with Crippen LogP contribution < -0.4 is 21.1 Å². The van der Waals surface area contributed by atoms with Crippen molar-refractivity contribution in [3.05, 3.63) is 23.8 Å². The molecule has 1 fully saturated rings. The van der Waals surface area contributed by atoms with Crippen LogP contribution in [-0.2, 0) is 4.79 Å². The van der Waals surface area contributed by atoms with Gasteiger partial charge in [0.25, 0.3) is 11.8 Å². The average molecular weight is 275 g/mol. The molecule has 0 radical (unpaired) electrons. The van der Waals surface area contributed by atoms with Crippen molar-refractivity contribution in [2.45, 2.75) is 18.9 Å². The largest absolute Gasteiger partial charge is 0.481 e. The molecule has 106 valence electrons. The van der Waals surface area contributed by atoms with Gasteiger partial charge in [0.15, 0.2) is 12.4 Å². The van der Waals surface area contributed by atoms with Gasteiger partial charge in [0, 0.05) is 12.6 Å². The highest BCUT2D eigenvalue weighted by Gasteiger charge is 2.29. The van der Waals surface area contributed by atoms with Gasteiger partial charge in [-0.25, -0.2) is 0 Å². The van der Waals surface area contributed by atoms with Crippen molar-refractivity contribution in [3.63, 3.8) is 0 Å². The molecule has 1 heterocycles. The molecule has 1 unspecified atom stereocenters. The summed E-state index contributed by atoms with van der Waals surface area (Å²) in [5.74, 6) is 0.514. The Labute approximate surface area is 116 Å². The highest BCUT2D eigenvalue weighted by Crippen LogP contribution is 2.32. The Morgan fingerprint density at radius 3 is 3.05 bits per heavy atom. The zero-order chi connectivity index (χ0) is 14.1. The molecule has 20 heavy (non-hydrogen) atoms. The van der Waals surface area contributed by atoms with E-state index in [-0.39, 0.29) is 24.5 Å². The van der Waals surface area contributed by atoms with Crippen LogP contribution in [0.15, 0.2) is 18.2 Å². The molecule has 1 aromatic rings. The van der Waals surface area contributed by atoms with E-state index < -0.39 is 0 Å². The topological polar surface area (TPSA) is 93.4 Å². The highest BCUT2D eigenvalue weighted by molar-refractivity contribution is 6.03. The Balaban J connectivity index is 1.71. The number of nitrogens with one attached hydrogen (secondary N) is 2. The van der Waals surface area contributed by atoms with E-state index in [9.17, 15) is 9.59 Å². The van der Waals surface area contributed by atoms with Crippen LogP contribution in [0.2, 0.25) is 0 Å². The van der Waals surface area contributed by atoms with Crippen LogP contribution in [0.4, 0.5) is 5.69 Å². The van der Waals surface area contributed by atoms with Gasteiger partial charge in [-0.05, 0) is 30.9 Å². The number of carbonyl (C=O) groups is 2. The van der Waals surface area contributed by atoms with E-state index in [1.807, 2.05) is 0 Å². The van der Waals surface area contributed by atoms with Gasteiger partial charge in [0.1, 0.15) is 0 Å². The summed E-state index contributed by atoms with van der Waals surface area (Å²) in [4.78, 5) is 23.4. The monoisotopic (exact) mass is 275 g/mol. The highest BCUT2D eigenvalue weighted by atomic mass is 16.5. The van der Waals surface area contributed by atoms with Crippen LogP contribution in [0.25, 0.3) is 0 Å². The van der Waals surface area contributed by atoms with Crippen molar-refractivity contribution in [1.29, 1.82) is 0 Å². The molecule has 0 aromatic heterocycles. The van der Waals surface area contributed by atoms with E-state index >= 15 is 0 Å². The number of para-hydroxylation sites is 1. The van der Waals surface area contributed by atoms with Crippen LogP contribution in [0.1, 0.15) is 23.2 Å². The van der Waals surface area contributed by atoms with Crippen molar-refractivity contribution >= 4 is 17.5 Å². The van der Waals surface area contributed by atoms with Crippen molar-refractivity contribution in [2.24, 2.45) is 11.7 Å². The third-order valence-electron chi connectivity index (χ3n) is 3.61. The summed E-state index contributed by atoms with van der Waals surface area (Å²) in [6.45, 7) is 0.387. The number of anilines is 1. The lowest BCUT2D eigenvalue weighted by atomic mass is 10.1. The van der Waals surface area contributed by atoms with Gasteiger partial charge >= 0.3 is 0 Å². The number of hydrogen-bond donors (Lipinski definition) is 3. The van der Waals surface area contributed by atoms with Gasteiger partial charge in [-0.2, -0.15) is 0 Å². The molecule has 0 bridgehead atoms. The fourth-order valence-electron chi connectivity index (χ4n) is 2.29. The Morgan fingerprint density at radius 2 is 2.30 bits per heavy atom. The van der Waals surface area contributed by atoms with Crippen molar-refractivity contribution in [3.8, 4) is 5.75 Å². The summed E-state index contributed by atoms with van der Waals surface area (Å²) < 4.78 is 5.35. The normalized spacial score (nSPS) is 18.6. The van der Waals surface area contributed by atoms with Crippen molar-refractivity contribution in [1.82, 2.24) is 5.32 Å². The van der Waals surface area contributed by atoms with Crippen LogP contribution in [-0.4, -0.2) is 31.0 Å². The minimum atomic E-state index is -0.228. The predicted molar refractivity (Wildman–Crippen MR) is 73.6 cm³/mol. The third-order valence-corrected chi connectivity index (χ3v) is 3.61. The van der Waals surface area contributed by atoms with E-state index in [0.29, 0.717) is 29.5 Å². The van der Waals surface area contributed by atoms with Gasteiger partial charge in [0.2, 0.25) is 0 Å². The molecule has 1 aromatic carbocycles. The molecule has 1 atom stereocenters. The number of carbonyl (C=O) groups excluding carboxylic acids is 2. The maximum absolute atomic E-state index is 12.2. The van der Waals surface area contributed by atoms with Crippen LogP contribution >= 0.6 is 0 Å². The molecule has 2 aliphatic rings. The van der Waals surface area contributed by atoms with E-state index in [4.69, 9.17) is 10.5 Å². The minimum absolute atomic E-state index is 0.0131. The predicted octanol–water partition coefficient (Wildman–Crippen LogP) is 0.485. The lowest BCUT2D eigenvalue weighted by molar-refractivity contribution is -0.118. The Hall–Kier alpha value is -2.08. The first kappa shape index (κ1) is 12.9. The summed E-state index contributed by atoms with van der Waals surface area (Å²) in [7, 11) is 0. The number of benzene rings is 1. The van der Waals surface area contributed by atoms with E-state index in [0.717, 1.165) is 12.8 Å². The molecule has 4 N–H and O–H groups in total. The fraction of sp³-hybridized carbons (Fsp3) is 0.429. The number of rotatable bonds is 4. The summed E-state index contributed by atoms with van der Waals surface area (Å²) in [6, 6.07) is 5.11. The molecule has 0 saturated heterocycles. The smallest absolute Gasteiger partial charge is 0.262 e. The first-order chi connectivity index (χ1) is 9.65. The molecule has 1 aliphatic heterocycles. The zero-order valence-electron chi connectivity index (χ0n) is 11.0. The standard InChI is InChI=1S/C14H17N3O3/c15-10(8-4-5-8)6-16-14(19)9-2-1-3-11-13(9)20-7-12(18)17-11/h1-3,8,10H,4-7,15H2,(H,16,19)(H,17,18). The molecular weight excluding hydrogens is 258 g/mol. The number of hydrogen-bond acceptors (Lipinski definition) is 4. The molecule has 1 aliphatic carbocycles. The van der Waals surface area contributed by atoms with Gasteiger partial charge in [-0.3, -0.25) is 9.59 Å². The third kappa shape index (κ3) is 2.60. The van der Waals surface area contributed by atoms with Gasteiger partial charge < -0.3 is 21.1 Å². The Bertz CT molecular complexity index is 555. The average Bonchev–Trinajstić information content (AvgIpc) is 3.28. The van der Waals surface area contributed by atoms with Gasteiger partial charge in [-0.15, -0.1) is 0 Å². The van der Waals surface area contributed by atoms with E-state index in [1.54, 1.807) is 18.2 Å². The van der Waals surface area contributed by atoms with Crippen LogP contribution in [0, 0.1) is 5.92 Å². The minimum Gasteiger partial charge on any atom is -0.481 e. The fourth-order valence-corrected chi connectivity index (χ4v) is 2.29. The first-order valence-electron chi connectivity index (χ1n) is 6.74. The van der Waals surface area contributed by atoms with Gasteiger partial charge in [0.05, 0.1) is 11.3 Å². The second-order valence-electron chi connectivity index (χ2n) is 5.23. The summed E-state index contributed by atoms with van der Waals surface area (Å²) >= 11 is 0. The van der Waals surface area contributed by atoms with Crippen LogP contribution in [0.3, 0.4) is 0 Å². The van der Waals surface area contributed by atoms with E-state index in [2.05, 4.69) is 10.6 Å². The van der Waals surface area contributed by atoms with Crippen molar-refractivity contribution in [2.75, 3.05) is 18.5 Å². The van der Waals surface area contributed by atoms with E-state index in [1.165, 1.54) is 0 Å². The number of amides is 2. The summed E-state index contributed by atoms with van der Waals surface area (Å²) in [6.07, 6.45) is 2.29.